The highest BCUT2D eigenvalue weighted by molar-refractivity contribution is 7.71. The largest absolute Gasteiger partial charge is 0.320 e. The molecule has 0 aliphatic heterocycles. The Morgan fingerprint density at radius 3 is 2.27 bits per heavy atom. The number of pyridine rings is 1. The molecule has 1 aromatic heterocycles. The molecule has 6 heteroatoms. The molecule has 0 aliphatic rings. The van der Waals surface area contributed by atoms with E-state index in [1.165, 1.54) is 0 Å². The Balaban J connectivity index is 3.59. The van der Waals surface area contributed by atoms with Gasteiger partial charge in [0.05, 0.1) is 9.53 Å². The summed E-state index contributed by atoms with van der Waals surface area (Å²) in [7, 11) is 0. The van der Waals surface area contributed by atoms with E-state index in [1.54, 1.807) is 0 Å². The SMILES string of the molecule is Fc1[nH]c(Cl)c(Cl)c(=S)c1Cl. The van der Waals surface area contributed by atoms with Crippen molar-refractivity contribution in [1.82, 2.24) is 4.98 Å². The van der Waals surface area contributed by atoms with Crippen LogP contribution in [-0.2, 0) is 0 Å². The Kier molecular flexibility index (Phi) is 2.75. The minimum atomic E-state index is -0.772. The molecule has 0 radical (unpaired) electrons. The predicted octanol–water partition coefficient (Wildman–Crippen LogP) is 3.84. The van der Waals surface area contributed by atoms with Gasteiger partial charge < -0.3 is 4.98 Å². The third-order valence-corrected chi connectivity index (χ3v) is 2.75. The van der Waals surface area contributed by atoms with Gasteiger partial charge >= 0.3 is 0 Å². The first-order valence-corrected chi connectivity index (χ1v) is 4.00. The summed E-state index contributed by atoms with van der Waals surface area (Å²) in [6.07, 6.45) is 0. The zero-order chi connectivity index (χ0) is 8.59. The molecule has 1 heterocycles. The molecule has 60 valence electrons. The van der Waals surface area contributed by atoms with Crippen molar-refractivity contribution >= 4 is 47.0 Å². The molecule has 1 N–H and O–H groups in total. The number of aromatic amines is 1. The van der Waals surface area contributed by atoms with Gasteiger partial charge in [0.25, 0.3) is 0 Å². The molecule has 0 unspecified atom stereocenters. The minimum Gasteiger partial charge on any atom is -0.320 e. The number of H-pyrrole nitrogens is 1. The van der Waals surface area contributed by atoms with Crippen LogP contribution in [0.1, 0.15) is 0 Å². The highest BCUT2D eigenvalue weighted by Gasteiger charge is 2.08. The molecule has 0 aliphatic carbocycles. The van der Waals surface area contributed by atoms with Crippen LogP contribution in [0, 0.1) is 10.5 Å². The third-order valence-electron chi connectivity index (χ3n) is 1.00. The van der Waals surface area contributed by atoms with Crippen LogP contribution in [0.25, 0.3) is 0 Å². The second-order valence-corrected chi connectivity index (χ2v) is 3.25. The first kappa shape index (κ1) is 9.26. The minimum absolute atomic E-state index is 0.0228. The maximum absolute atomic E-state index is 12.6. The predicted molar refractivity (Wildman–Crippen MR) is 46.6 cm³/mol. The van der Waals surface area contributed by atoms with Gasteiger partial charge in [-0.2, -0.15) is 4.39 Å². The smallest absolute Gasteiger partial charge is 0.212 e. The second kappa shape index (κ2) is 3.27. The Morgan fingerprint density at radius 2 is 1.73 bits per heavy atom. The Hall–Kier alpha value is 0.170. The van der Waals surface area contributed by atoms with E-state index < -0.39 is 5.95 Å². The van der Waals surface area contributed by atoms with Gasteiger partial charge in [-0.1, -0.05) is 47.0 Å². The van der Waals surface area contributed by atoms with E-state index in [4.69, 9.17) is 34.8 Å². The van der Waals surface area contributed by atoms with Crippen LogP contribution in [0.2, 0.25) is 15.2 Å². The number of rotatable bonds is 0. The van der Waals surface area contributed by atoms with Gasteiger partial charge in [-0.15, -0.1) is 0 Å². The summed E-state index contributed by atoms with van der Waals surface area (Å²) >= 11 is 21.0. The van der Waals surface area contributed by atoms with E-state index in [9.17, 15) is 4.39 Å². The van der Waals surface area contributed by atoms with Gasteiger partial charge in [-0.05, 0) is 0 Å². The Morgan fingerprint density at radius 1 is 1.18 bits per heavy atom. The number of nitrogens with one attached hydrogen (secondary N) is 1. The molecule has 0 aromatic carbocycles. The van der Waals surface area contributed by atoms with Crippen LogP contribution in [-0.4, -0.2) is 4.98 Å². The number of halogens is 4. The molecule has 0 fully saturated rings. The molecule has 0 spiro atoms. The van der Waals surface area contributed by atoms with Crippen molar-refractivity contribution in [2.45, 2.75) is 0 Å². The van der Waals surface area contributed by atoms with Gasteiger partial charge in [-0.3, -0.25) is 0 Å². The first-order chi connectivity index (χ1) is 5.04. The normalized spacial score (nSPS) is 10.2. The lowest BCUT2D eigenvalue weighted by Crippen LogP contribution is -1.87. The molecule has 0 saturated carbocycles. The van der Waals surface area contributed by atoms with Crippen molar-refractivity contribution in [2.75, 3.05) is 0 Å². The van der Waals surface area contributed by atoms with E-state index in [1.807, 2.05) is 0 Å². The number of hydrogen-bond donors (Lipinski definition) is 1. The first-order valence-electron chi connectivity index (χ1n) is 2.46. The fourth-order valence-corrected chi connectivity index (χ4v) is 1.26. The van der Waals surface area contributed by atoms with Crippen LogP contribution in [0.15, 0.2) is 0 Å². The van der Waals surface area contributed by atoms with Gasteiger partial charge in [0.1, 0.15) is 10.2 Å². The molecular formula is C5HCl3FNS. The third kappa shape index (κ3) is 1.67. The summed E-state index contributed by atoms with van der Waals surface area (Å²) in [6.45, 7) is 0. The number of aromatic nitrogens is 1. The van der Waals surface area contributed by atoms with E-state index in [0.29, 0.717) is 0 Å². The molecule has 1 aromatic rings. The van der Waals surface area contributed by atoms with Crippen molar-refractivity contribution in [2.24, 2.45) is 0 Å². The second-order valence-electron chi connectivity index (χ2n) is 1.71. The standard InChI is InChI=1S/C5HCl3FNS/c6-1-3(11)2(7)5(9)10-4(1)8/h(H,10,11). The highest BCUT2D eigenvalue weighted by atomic mass is 35.5. The van der Waals surface area contributed by atoms with Gasteiger partial charge in [0, 0.05) is 0 Å². The van der Waals surface area contributed by atoms with Gasteiger partial charge in [-0.25, -0.2) is 0 Å². The van der Waals surface area contributed by atoms with Crippen LogP contribution in [0.4, 0.5) is 4.39 Å². The lowest BCUT2D eigenvalue weighted by atomic mass is 10.5. The van der Waals surface area contributed by atoms with Crippen LogP contribution in [0.5, 0.6) is 0 Å². The van der Waals surface area contributed by atoms with Gasteiger partial charge in [0.15, 0.2) is 0 Å². The lowest BCUT2D eigenvalue weighted by Gasteiger charge is -1.98. The zero-order valence-corrected chi connectivity index (χ0v) is 8.00. The molecule has 1 rings (SSSR count). The Bertz CT molecular complexity index is 319. The molecular weight excluding hydrogens is 231 g/mol. The van der Waals surface area contributed by atoms with Crippen LogP contribution < -0.4 is 0 Å². The van der Waals surface area contributed by atoms with Crippen molar-refractivity contribution < 1.29 is 4.39 Å². The molecule has 0 atom stereocenters. The average Bonchev–Trinajstić information content (AvgIpc) is 1.97. The van der Waals surface area contributed by atoms with E-state index in [0.717, 1.165) is 0 Å². The lowest BCUT2D eigenvalue weighted by molar-refractivity contribution is 0.584. The van der Waals surface area contributed by atoms with Crippen LogP contribution >= 0.6 is 47.0 Å². The molecule has 11 heavy (non-hydrogen) atoms. The molecule has 1 nitrogen and oxygen atoms in total. The molecule has 0 amide bonds. The quantitative estimate of drug-likeness (QED) is 0.531. The average molecular weight is 232 g/mol. The van der Waals surface area contributed by atoms with Gasteiger partial charge in [0.2, 0.25) is 5.95 Å². The number of hydrogen-bond acceptors (Lipinski definition) is 1. The van der Waals surface area contributed by atoms with Crippen molar-refractivity contribution in [3.63, 3.8) is 0 Å². The Labute approximate surface area is 82.1 Å². The van der Waals surface area contributed by atoms with Crippen molar-refractivity contribution in [3.8, 4) is 0 Å². The highest BCUT2D eigenvalue weighted by Crippen LogP contribution is 2.27. The summed E-state index contributed by atoms with van der Waals surface area (Å²) in [4.78, 5) is 2.12. The van der Waals surface area contributed by atoms with Crippen molar-refractivity contribution in [3.05, 3.63) is 25.7 Å². The van der Waals surface area contributed by atoms with E-state index in [-0.39, 0.29) is 19.7 Å². The van der Waals surface area contributed by atoms with Crippen LogP contribution in [0.3, 0.4) is 0 Å². The molecule has 0 saturated heterocycles. The summed E-state index contributed by atoms with van der Waals surface area (Å²) in [5.41, 5.74) is 0. The zero-order valence-electron chi connectivity index (χ0n) is 4.92. The summed E-state index contributed by atoms with van der Waals surface area (Å²) in [6, 6.07) is 0. The van der Waals surface area contributed by atoms with E-state index in [2.05, 4.69) is 17.2 Å². The molecule has 0 bridgehead atoms. The topological polar surface area (TPSA) is 15.8 Å². The fraction of sp³-hybridized carbons (Fsp3) is 0. The monoisotopic (exact) mass is 231 g/mol. The summed E-state index contributed by atoms with van der Waals surface area (Å²) < 4.78 is 12.6. The maximum Gasteiger partial charge on any atom is 0.212 e. The fourth-order valence-electron chi connectivity index (χ4n) is 0.502. The summed E-state index contributed by atoms with van der Waals surface area (Å²) in [5, 5.41) is -0.193. The van der Waals surface area contributed by atoms with E-state index >= 15 is 0 Å². The summed E-state index contributed by atoms with van der Waals surface area (Å²) in [5.74, 6) is -0.772. The van der Waals surface area contributed by atoms with Crippen molar-refractivity contribution in [1.29, 1.82) is 0 Å². The maximum atomic E-state index is 12.6.